The van der Waals surface area contributed by atoms with E-state index in [4.69, 9.17) is 11.6 Å². The van der Waals surface area contributed by atoms with E-state index < -0.39 is 29.0 Å². The Balaban J connectivity index is 2.03. The molecule has 0 aliphatic carbocycles. The molecule has 0 aliphatic rings. The topological polar surface area (TPSA) is 78.0 Å². The van der Waals surface area contributed by atoms with Crippen LogP contribution in [-0.2, 0) is 6.42 Å². The van der Waals surface area contributed by atoms with E-state index in [2.05, 4.69) is 15.3 Å². The smallest absolute Gasteiger partial charge is 0.257 e. The van der Waals surface area contributed by atoms with Crippen LogP contribution in [-0.4, -0.2) is 26.6 Å². The van der Waals surface area contributed by atoms with Crippen LogP contribution in [0.25, 0.3) is 11.0 Å². The third-order valence-corrected chi connectivity index (χ3v) is 4.02. The molecule has 1 aromatic heterocycles. The van der Waals surface area contributed by atoms with Gasteiger partial charge in [-0.3, -0.25) is 4.79 Å². The van der Waals surface area contributed by atoms with Crippen molar-refractivity contribution in [2.45, 2.75) is 25.9 Å². The third-order valence-electron chi connectivity index (χ3n) is 3.73. The first-order chi connectivity index (χ1) is 12.5. The van der Waals surface area contributed by atoms with Crippen LogP contribution in [0, 0.1) is 17.5 Å². The lowest BCUT2D eigenvalue weighted by Crippen LogP contribution is -2.22. The number of benzene rings is 2. The molecule has 0 atom stereocenters. The van der Waals surface area contributed by atoms with Gasteiger partial charge in [0.2, 0.25) is 0 Å². The Labute approximate surface area is 157 Å². The summed E-state index contributed by atoms with van der Waals surface area (Å²) < 4.78 is 41.3. The number of nitrogens with zero attached hydrogens (tertiary/aromatic N) is 1. The lowest BCUT2D eigenvalue weighted by Gasteiger charge is -2.14. The molecule has 0 saturated heterocycles. The number of hydrogen-bond donors (Lipinski definition) is 3. The number of aromatic nitrogens is 2. The summed E-state index contributed by atoms with van der Waals surface area (Å²) in [6, 6.07) is 4.28. The monoisotopic (exact) mass is 397 g/mol. The van der Waals surface area contributed by atoms with Crippen LogP contribution >= 0.6 is 11.6 Å². The van der Waals surface area contributed by atoms with Gasteiger partial charge < -0.3 is 15.4 Å². The van der Waals surface area contributed by atoms with Crippen molar-refractivity contribution < 1.29 is 23.1 Å². The molecule has 142 valence electrons. The van der Waals surface area contributed by atoms with E-state index in [0.29, 0.717) is 0 Å². The molecule has 0 unspecified atom stereocenters. The lowest BCUT2D eigenvalue weighted by atomic mass is 10.1. The summed E-state index contributed by atoms with van der Waals surface area (Å²) >= 11 is 5.67. The number of hydrogen-bond acceptors (Lipinski definition) is 3. The fourth-order valence-corrected chi connectivity index (χ4v) is 2.78. The molecule has 27 heavy (non-hydrogen) atoms. The Morgan fingerprint density at radius 2 is 1.96 bits per heavy atom. The first-order valence-corrected chi connectivity index (χ1v) is 8.28. The van der Waals surface area contributed by atoms with Crippen molar-refractivity contribution in [1.29, 1.82) is 0 Å². The van der Waals surface area contributed by atoms with Crippen molar-refractivity contribution in [2.75, 3.05) is 5.32 Å². The molecule has 0 saturated carbocycles. The van der Waals surface area contributed by atoms with Crippen molar-refractivity contribution in [3.05, 3.63) is 58.1 Å². The largest absolute Gasteiger partial charge is 0.390 e. The van der Waals surface area contributed by atoms with Crippen molar-refractivity contribution in [3.8, 4) is 0 Å². The van der Waals surface area contributed by atoms with Crippen LogP contribution < -0.4 is 5.32 Å². The number of H-pyrrole nitrogens is 1. The molecule has 3 N–H and O–H groups in total. The Bertz CT molecular complexity index is 1040. The number of fused-ring (bicyclic) bond motifs is 1. The zero-order valence-electron chi connectivity index (χ0n) is 14.3. The van der Waals surface area contributed by atoms with Gasteiger partial charge in [-0.2, -0.15) is 0 Å². The predicted octanol–water partition coefficient (Wildman–Crippen LogP) is 4.20. The highest BCUT2D eigenvalue weighted by atomic mass is 35.5. The summed E-state index contributed by atoms with van der Waals surface area (Å²) in [5, 5.41) is 12.1. The molecule has 1 amide bonds. The minimum absolute atomic E-state index is 0.0149. The summed E-state index contributed by atoms with van der Waals surface area (Å²) in [4.78, 5) is 19.3. The summed E-state index contributed by atoms with van der Waals surface area (Å²) in [5.74, 6) is -3.67. The van der Waals surface area contributed by atoms with Crippen LogP contribution in [0.3, 0.4) is 0 Å². The highest BCUT2D eigenvalue weighted by Gasteiger charge is 2.23. The number of halogens is 4. The predicted molar refractivity (Wildman–Crippen MR) is 95.4 cm³/mol. The summed E-state index contributed by atoms with van der Waals surface area (Å²) in [6.07, 6.45) is 0.0391. The van der Waals surface area contributed by atoms with Gasteiger partial charge in [-0.25, -0.2) is 18.2 Å². The molecule has 0 spiro atoms. The van der Waals surface area contributed by atoms with E-state index >= 15 is 0 Å². The van der Waals surface area contributed by atoms with E-state index in [1.54, 1.807) is 0 Å². The number of rotatable bonds is 4. The van der Waals surface area contributed by atoms with E-state index in [-0.39, 0.29) is 39.6 Å². The van der Waals surface area contributed by atoms with Gasteiger partial charge in [-0.05, 0) is 38.1 Å². The zero-order valence-corrected chi connectivity index (χ0v) is 15.1. The lowest BCUT2D eigenvalue weighted by molar-refractivity contribution is 0.0791. The van der Waals surface area contributed by atoms with Crippen LogP contribution in [0.4, 0.5) is 18.9 Å². The average molecular weight is 398 g/mol. The maximum absolute atomic E-state index is 14.1. The quantitative estimate of drug-likeness (QED) is 0.617. The number of anilines is 1. The summed E-state index contributed by atoms with van der Waals surface area (Å²) in [5.41, 5.74) is -1.52. The number of aliphatic hydroxyl groups is 1. The molecular weight excluding hydrogens is 383 g/mol. The molecule has 0 aliphatic heterocycles. The normalized spacial score (nSPS) is 11.8. The number of carbonyl (C=O) groups is 1. The second kappa shape index (κ2) is 6.86. The van der Waals surface area contributed by atoms with Crippen molar-refractivity contribution >= 4 is 34.2 Å². The first kappa shape index (κ1) is 19.2. The van der Waals surface area contributed by atoms with Gasteiger partial charge in [0.05, 0.1) is 21.7 Å². The number of amides is 1. The third kappa shape index (κ3) is 4.06. The molecule has 3 aromatic rings. The van der Waals surface area contributed by atoms with Gasteiger partial charge in [0.25, 0.3) is 5.91 Å². The summed E-state index contributed by atoms with van der Waals surface area (Å²) in [7, 11) is 0. The summed E-state index contributed by atoms with van der Waals surface area (Å²) in [6.45, 7) is 3.06. The van der Waals surface area contributed by atoms with Crippen LogP contribution in [0.2, 0.25) is 5.02 Å². The molecule has 2 aromatic carbocycles. The minimum Gasteiger partial charge on any atom is -0.390 e. The molecule has 0 bridgehead atoms. The van der Waals surface area contributed by atoms with E-state index in [1.807, 2.05) is 0 Å². The standard InChI is InChI=1S/C18H15ClF3N3O2/c1-18(2,27)7-13-24-15-9(6-12(21)14(22)16(15)25-13)17(26)23-8-3-4-11(20)10(19)5-8/h3-6,27H,7H2,1-2H3,(H,23,26)(H,24,25). The van der Waals surface area contributed by atoms with Gasteiger partial charge >= 0.3 is 0 Å². The van der Waals surface area contributed by atoms with E-state index in [1.165, 1.54) is 26.0 Å². The van der Waals surface area contributed by atoms with E-state index in [9.17, 15) is 23.1 Å². The average Bonchev–Trinajstić information content (AvgIpc) is 2.96. The van der Waals surface area contributed by atoms with Gasteiger partial charge in [-0.15, -0.1) is 0 Å². The highest BCUT2D eigenvalue weighted by Crippen LogP contribution is 2.26. The molecule has 3 rings (SSSR count). The molecule has 1 heterocycles. The molecule has 0 fully saturated rings. The number of aromatic amines is 1. The van der Waals surface area contributed by atoms with Crippen molar-refractivity contribution in [2.24, 2.45) is 0 Å². The van der Waals surface area contributed by atoms with Crippen LogP contribution in [0.15, 0.2) is 24.3 Å². The fourth-order valence-electron chi connectivity index (χ4n) is 2.60. The van der Waals surface area contributed by atoms with Gasteiger partial charge in [-0.1, -0.05) is 11.6 Å². The first-order valence-electron chi connectivity index (χ1n) is 7.90. The number of imidazole rings is 1. The Morgan fingerprint density at radius 3 is 2.59 bits per heavy atom. The molecular formula is C18H15ClF3N3O2. The Kier molecular flexibility index (Phi) is 4.88. The van der Waals surface area contributed by atoms with Crippen LogP contribution in [0.5, 0.6) is 0 Å². The zero-order chi connectivity index (χ0) is 19.9. The van der Waals surface area contributed by atoms with E-state index in [0.717, 1.165) is 12.1 Å². The maximum atomic E-state index is 14.1. The van der Waals surface area contributed by atoms with Crippen LogP contribution in [0.1, 0.15) is 30.0 Å². The molecule has 9 heteroatoms. The van der Waals surface area contributed by atoms with Crippen molar-refractivity contribution in [1.82, 2.24) is 9.97 Å². The SMILES string of the molecule is CC(C)(O)Cc1nc2c(F)c(F)cc(C(=O)Nc3ccc(F)c(Cl)c3)c2[nH]1. The molecule has 5 nitrogen and oxygen atoms in total. The number of carbonyl (C=O) groups excluding carboxylic acids is 1. The number of nitrogens with one attached hydrogen (secondary N) is 2. The van der Waals surface area contributed by atoms with Crippen molar-refractivity contribution in [3.63, 3.8) is 0 Å². The highest BCUT2D eigenvalue weighted by molar-refractivity contribution is 6.31. The van der Waals surface area contributed by atoms with Gasteiger partial charge in [0.1, 0.15) is 17.2 Å². The maximum Gasteiger partial charge on any atom is 0.257 e. The van der Waals surface area contributed by atoms with Gasteiger partial charge in [0.15, 0.2) is 11.6 Å². The minimum atomic E-state index is -1.24. The molecule has 0 radical (unpaired) electrons. The second-order valence-corrected chi connectivity index (χ2v) is 7.11. The second-order valence-electron chi connectivity index (χ2n) is 6.70. The fraction of sp³-hybridized carbons (Fsp3) is 0.222. The van der Waals surface area contributed by atoms with Gasteiger partial charge in [0, 0.05) is 12.1 Å². The Morgan fingerprint density at radius 1 is 1.26 bits per heavy atom. The Hall–Kier alpha value is -2.58.